The van der Waals surface area contributed by atoms with Crippen molar-refractivity contribution in [2.45, 2.75) is 6.92 Å². The summed E-state index contributed by atoms with van der Waals surface area (Å²) in [4.78, 5) is 25.9. The summed E-state index contributed by atoms with van der Waals surface area (Å²) in [5.74, 6) is -1.49. The maximum atomic E-state index is 13.3. The van der Waals surface area contributed by atoms with Gasteiger partial charge >= 0.3 is 0 Å². The molecule has 1 aliphatic heterocycles. The Morgan fingerprint density at radius 2 is 1.76 bits per heavy atom. The molecule has 0 N–H and O–H groups in total. The molecule has 3 rings (SSSR count). The number of amides is 2. The zero-order chi connectivity index (χ0) is 15.3. The van der Waals surface area contributed by atoms with Crippen molar-refractivity contribution in [3.05, 3.63) is 62.3 Å². The van der Waals surface area contributed by atoms with E-state index in [4.69, 9.17) is 11.6 Å². The van der Waals surface area contributed by atoms with Crippen LogP contribution in [0.25, 0.3) is 0 Å². The summed E-state index contributed by atoms with van der Waals surface area (Å²) in [6.07, 6.45) is 0. The SMILES string of the molecule is Cc1ccc2c(c1)C(=O)N(c1c(Cl)cc(F)cc1Br)C2=O. The van der Waals surface area contributed by atoms with Gasteiger partial charge in [0.05, 0.1) is 21.8 Å². The van der Waals surface area contributed by atoms with E-state index in [-0.39, 0.29) is 15.2 Å². The molecule has 0 unspecified atom stereocenters. The second kappa shape index (κ2) is 4.93. The van der Waals surface area contributed by atoms with Gasteiger partial charge in [-0.2, -0.15) is 0 Å². The number of nitrogens with zero attached hydrogens (tertiary/aromatic N) is 1. The van der Waals surface area contributed by atoms with Crippen molar-refractivity contribution in [3.8, 4) is 0 Å². The molecular weight excluding hydrogens is 361 g/mol. The lowest BCUT2D eigenvalue weighted by Crippen LogP contribution is -2.30. The van der Waals surface area contributed by atoms with E-state index in [1.807, 2.05) is 6.92 Å². The first-order valence-electron chi connectivity index (χ1n) is 6.04. The third-order valence-corrected chi connectivity index (χ3v) is 4.14. The fraction of sp³-hybridized carbons (Fsp3) is 0.0667. The predicted molar refractivity (Wildman–Crippen MR) is 81.4 cm³/mol. The Kier molecular flexibility index (Phi) is 3.34. The highest BCUT2D eigenvalue weighted by molar-refractivity contribution is 9.10. The smallest absolute Gasteiger partial charge is 0.266 e. The van der Waals surface area contributed by atoms with Crippen molar-refractivity contribution in [2.75, 3.05) is 4.90 Å². The Balaban J connectivity index is 2.19. The number of anilines is 1. The molecule has 21 heavy (non-hydrogen) atoms. The van der Waals surface area contributed by atoms with E-state index in [9.17, 15) is 14.0 Å². The van der Waals surface area contributed by atoms with Crippen molar-refractivity contribution in [2.24, 2.45) is 0 Å². The van der Waals surface area contributed by atoms with Crippen molar-refractivity contribution in [1.29, 1.82) is 0 Å². The summed E-state index contributed by atoms with van der Waals surface area (Å²) in [5.41, 5.74) is 1.67. The van der Waals surface area contributed by atoms with E-state index in [0.29, 0.717) is 11.1 Å². The third-order valence-electron chi connectivity index (χ3n) is 3.25. The Morgan fingerprint density at radius 3 is 2.43 bits per heavy atom. The molecule has 6 heteroatoms. The van der Waals surface area contributed by atoms with E-state index in [1.165, 1.54) is 0 Å². The van der Waals surface area contributed by atoms with Gasteiger partial charge < -0.3 is 0 Å². The monoisotopic (exact) mass is 367 g/mol. The molecule has 3 nitrogen and oxygen atoms in total. The Labute approximate surface area is 133 Å². The van der Waals surface area contributed by atoms with E-state index < -0.39 is 17.6 Å². The van der Waals surface area contributed by atoms with Crippen molar-refractivity contribution in [3.63, 3.8) is 0 Å². The number of halogens is 3. The Morgan fingerprint density at radius 1 is 1.10 bits per heavy atom. The maximum absolute atomic E-state index is 13.3. The number of hydrogen-bond donors (Lipinski definition) is 0. The van der Waals surface area contributed by atoms with Gasteiger partial charge in [-0.15, -0.1) is 0 Å². The molecule has 0 aromatic heterocycles. The Hall–Kier alpha value is -1.72. The van der Waals surface area contributed by atoms with Crippen molar-refractivity contribution >= 4 is 45.0 Å². The van der Waals surface area contributed by atoms with Crippen LogP contribution in [0, 0.1) is 12.7 Å². The average Bonchev–Trinajstić information content (AvgIpc) is 2.62. The zero-order valence-corrected chi connectivity index (χ0v) is 13.1. The number of fused-ring (bicyclic) bond motifs is 1. The molecule has 0 bridgehead atoms. The average molecular weight is 369 g/mol. The molecule has 1 heterocycles. The third kappa shape index (κ3) is 2.17. The fourth-order valence-corrected chi connectivity index (χ4v) is 3.32. The topological polar surface area (TPSA) is 37.4 Å². The molecule has 1 aliphatic rings. The first kappa shape index (κ1) is 14.2. The summed E-state index contributed by atoms with van der Waals surface area (Å²) in [6.45, 7) is 1.83. The number of carbonyl (C=O) groups is 2. The second-order valence-corrected chi connectivity index (χ2v) is 5.97. The highest BCUT2D eigenvalue weighted by Crippen LogP contribution is 2.39. The van der Waals surface area contributed by atoms with Gasteiger partial charge in [0.15, 0.2) is 0 Å². The standard InChI is InChI=1S/C15H8BrClFNO2/c1-7-2-3-9-10(4-7)15(21)19(14(9)20)13-11(16)5-8(18)6-12(13)17/h2-6H,1H3. The van der Waals surface area contributed by atoms with E-state index >= 15 is 0 Å². The molecule has 2 aromatic carbocycles. The minimum Gasteiger partial charge on any atom is -0.268 e. The normalized spacial score (nSPS) is 13.8. The van der Waals surface area contributed by atoms with Crippen LogP contribution in [-0.2, 0) is 0 Å². The highest BCUT2D eigenvalue weighted by atomic mass is 79.9. The van der Waals surface area contributed by atoms with Crippen LogP contribution < -0.4 is 4.90 Å². The van der Waals surface area contributed by atoms with Crippen LogP contribution in [-0.4, -0.2) is 11.8 Å². The van der Waals surface area contributed by atoms with Gasteiger partial charge in [-0.25, -0.2) is 9.29 Å². The maximum Gasteiger partial charge on any atom is 0.266 e. The number of imide groups is 1. The van der Waals surface area contributed by atoms with E-state index in [1.54, 1.807) is 18.2 Å². The molecular formula is C15H8BrClFNO2. The van der Waals surface area contributed by atoms with E-state index in [0.717, 1.165) is 22.6 Å². The zero-order valence-electron chi connectivity index (χ0n) is 10.8. The first-order valence-corrected chi connectivity index (χ1v) is 7.21. The van der Waals surface area contributed by atoms with Gasteiger partial charge in [0.25, 0.3) is 11.8 Å². The Bertz CT molecular complexity index is 783. The molecule has 2 amide bonds. The van der Waals surface area contributed by atoms with Gasteiger partial charge in [-0.1, -0.05) is 23.2 Å². The molecule has 0 saturated carbocycles. The molecule has 0 saturated heterocycles. The van der Waals surface area contributed by atoms with Crippen LogP contribution in [0.1, 0.15) is 26.3 Å². The van der Waals surface area contributed by atoms with Gasteiger partial charge in [0.1, 0.15) is 5.82 Å². The number of benzene rings is 2. The van der Waals surface area contributed by atoms with Gasteiger partial charge in [0.2, 0.25) is 0 Å². The van der Waals surface area contributed by atoms with Crippen LogP contribution in [0.5, 0.6) is 0 Å². The quantitative estimate of drug-likeness (QED) is 0.702. The summed E-state index contributed by atoms with van der Waals surface area (Å²) in [5, 5.41) is -0.00639. The van der Waals surface area contributed by atoms with Crippen LogP contribution in [0.15, 0.2) is 34.8 Å². The molecule has 0 atom stereocenters. The van der Waals surface area contributed by atoms with Crippen LogP contribution >= 0.6 is 27.5 Å². The number of carbonyl (C=O) groups excluding carboxylic acids is 2. The fourth-order valence-electron chi connectivity index (χ4n) is 2.31. The molecule has 106 valence electrons. The largest absolute Gasteiger partial charge is 0.268 e. The number of rotatable bonds is 1. The van der Waals surface area contributed by atoms with Gasteiger partial charge in [0, 0.05) is 4.47 Å². The molecule has 0 aliphatic carbocycles. The summed E-state index contributed by atoms with van der Waals surface area (Å²) < 4.78 is 13.6. The molecule has 0 fully saturated rings. The summed E-state index contributed by atoms with van der Waals surface area (Å²) >= 11 is 9.16. The summed E-state index contributed by atoms with van der Waals surface area (Å²) in [7, 11) is 0. The molecule has 0 radical (unpaired) electrons. The second-order valence-electron chi connectivity index (χ2n) is 4.71. The lowest BCUT2D eigenvalue weighted by atomic mass is 10.1. The minimum atomic E-state index is -0.553. The minimum absolute atomic E-state index is 0.00639. The van der Waals surface area contributed by atoms with Crippen molar-refractivity contribution < 1.29 is 14.0 Å². The van der Waals surface area contributed by atoms with Crippen LogP contribution in [0.2, 0.25) is 5.02 Å². The number of hydrogen-bond acceptors (Lipinski definition) is 2. The summed E-state index contributed by atoms with van der Waals surface area (Å²) in [6, 6.07) is 7.25. The van der Waals surface area contributed by atoms with Crippen molar-refractivity contribution in [1.82, 2.24) is 0 Å². The highest BCUT2D eigenvalue weighted by Gasteiger charge is 2.38. The number of aryl methyl sites for hydroxylation is 1. The van der Waals surface area contributed by atoms with E-state index in [2.05, 4.69) is 15.9 Å². The molecule has 0 spiro atoms. The molecule has 2 aromatic rings. The lowest BCUT2D eigenvalue weighted by molar-refractivity contribution is 0.0926. The van der Waals surface area contributed by atoms with Crippen LogP contribution in [0.3, 0.4) is 0 Å². The first-order chi connectivity index (χ1) is 9.90. The predicted octanol–water partition coefficient (Wildman–Crippen LogP) is 4.35. The van der Waals surface area contributed by atoms with Gasteiger partial charge in [-0.05, 0) is 47.1 Å². The van der Waals surface area contributed by atoms with Gasteiger partial charge in [-0.3, -0.25) is 9.59 Å². The van der Waals surface area contributed by atoms with Crippen LogP contribution in [0.4, 0.5) is 10.1 Å². The lowest BCUT2D eigenvalue weighted by Gasteiger charge is -2.17.